The first-order valence-electron chi connectivity index (χ1n) is 10.4. The van der Waals surface area contributed by atoms with Gasteiger partial charge in [-0.2, -0.15) is 71.4 Å². The maximum atomic E-state index is 14.1. The Balaban J connectivity index is 3.59. The largest absolute Gasteiger partial charge is 0.460 e. The van der Waals surface area contributed by atoms with E-state index in [0.29, 0.717) is 26.1 Å². The van der Waals surface area contributed by atoms with E-state index >= 15 is 0 Å². The first kappa shape index (κ1) is 32.8. The third-order valence-corrected chi connectivity index (χ3v) is 5.08. The van der Waals surface area contributed by atoms with Crippen molar-refractivity contribution in [1.29, 1.82) is 0 Å². The summed E-state index contributed by atoms with van der Waals surface area (Å²) in [7, 11) is 0. The van der Waals surface area contributed by atoms with Gasteiger partial charge in [0, 0.05) is 6.04 Å². The molecular formula is C18H21F14N5. The monoisotopic (exact) mass is 573 g/mol. The summed E-state index contributed by atoms with van der Waals surface area (Å²) in [6, 6.07) is -1.02. The molecule has 0 aliphatic carbocycles. The zero-order chi connectivity index (χ0) is 29.3. The summed E-state index contributed by atoms with van der Waals surface area (Å²) in [6.07, 6.45) is -13.7. The lowest BCUT2D eigenvalue weighted by molar-refractivity contribution is -0.364. The number of anilines is 1. The Kier molecular flexibility index (Phi) is 9.65. The highest BCUT2D eigenvalue weighted by Gasteiger charge is 2.77. The fraction of sp³-hybridized carbons (Fsp3) is 0.833. The minimum atomic E-state index is -7.03. The molecule has 0 amide bonds. The second-order valence-corrected chi connectivity index (χ2v) is 7.81. The topological polar surface area (TPSA) is 53.9 Å². The Labute approximate surface area is 200 Å². The molecule has 1 heterocycles. The number of hydrogen-bond acceptors (Lipinski definition) is 5. The quantitative estimate of drug-likeness (QED) is 0.295. The molecule has 1 aromatic rings. The Morgan fingerprint density at radius 3 is 1.38 bits per heavy atom. The Morgan fingerprint density at radius 2 is 1.05 bits per heavy atom. The highest BCUT2D eigenvalue weighted by molar-refractivity contribution is 5.29. The van der Waals surface area contributed by atoms with Crippen molar-refractivity contribution in [2.75, 3.05) is 25.0 Å². The summed E-state index contributed by atoms with van der Waals surface area (Å²) >= 11 is 0. The summed E-state index contributed by atoms with van der Waals surface area (Å²) in [5, 5.41) is 1.96. The second kappa shape index (κ2) is 10.9. The van der Waals surface area contributed by atoms with Gasteiger partial charge in [-0.25, -0.2) is 4.98 Å². The molecule has 216 valence electrons. The van der Waals surface area contributed by atoms with E-state index < -0.39 is 59.7 Å². The lowest BCUT2D eigenvalue weighted by Gasteiger charge is -2.29. The van der Waals surface area contributed by atoms with Gasteiger partial charge in [-0.3, -0.25) is 0 Å². The molecule has 0 bridgehead atoms. The predicted octanol–water partition coefficient (Wildman–Crippen LogP) is 6.37. The van der Waals surface area contributed by atoms with Crippen molar-refractivity contribution >= 4 is 5.95 Å². The molecule has 5 nitrogen and oxygen atoms in total. The van der Waals surface area contributed by atoms with E-state index in [2.05, 4.69) is 9.97 Å². The fourth-order valence-electron chi connectivity index (χ4n) is 2.81. The van der Waals surface area contributed by atoms with Crippen LogP contribution in [0.1, 0.15) is 45.3 Å². The van der Waals surface area contributed by atoms with Gasteiger partial charge in [-0.15, -0.1) is 0 Å². The standard InChI is InChI=1S/C18H21F14N5/c1-4-37(5-2)8-6-7-9(3)33-12-35-10(13(19,20)15(23,24)17(27,28)29)34-11(36-12)14(21,22)16(25,26)18(30,31)32/h9H,4-8H2,1-3H3,(H,33,34,35,36). The predicted molar refractivity (Wildman–Crippen MR) is 99.7 cm³/mol. The minimum Gasteiger partial charge on any atom is -0.352 e. The van der Waals surface area contributed by atoms with Crippen LogP contribution in [0.2, 0.25) is 0 Å². The van der Waals surface area contributed by atoms with E-state index in [-0.39, 0.29) is 6.42 Å². The molecule has 0 radical (unpaired) electrons. The smallest absolute Gasteiger partial charge is 0.352 e. The number of rotatable bonds is 12. The Hall–Kier alpha value is -2.21. The number of nitrogens with zero attached hydrogens (tertiary/aromatic N) is 4. The van der Waals surface area contributed by atoms with Gasteiger partial charge < -0.3 is 10.2 Å². The molecular weight excluding hydrogens is 552 g/mol. The minimum absolute atomic E-state index is 0.0526. The van der Waals surface area contributed by atoms with Crippen LogP contribution in [-0.4, -0.2) is 69.7 Å². The zero-order valence-electron chi connectivity index (χ0n) is 19.2. The molecule has 0 saturated heterocycles. The molecule has 0 fully saturated rings. The van der Waals surface area contributed by atoms with Crippen LogP contribution in [0.3, 0.4) is 0 Å². The van der Waals surface area contributed by atoms with E-state index in [1.165, 1.54) is 6.92 Å². The lowest BCUT2D eigenvalue weighted by atomic mass is 10.1. The van der Waals surface area contributed by atoms with Crippen LogP contribution in [0.4, 0.5) is 67.4 Å². The average Bonchev–Trinajstić information content (AvgIpc) is 2.74. The summed E-state index contributed by atoms with van der Waals surface area (Å²) in [6.45, 7) is 6.52. The van der Waals surface area contributed by atoms with Crippen molar-refractivity contribution in [3.05, 3.63) is 11.6 Å². The molecule has 1 aromatic heterocycles. The third kappa shape index (κ3) is 6.63. The van der Waals surface area contributed by atoms with Gasteiger partial charge in [0.2, 0.25) is 17.6 Å². The zero-order valence-corrected chi connectivity index (χ0v) is 19.2. The van der Waals surface area contributed by atoms with E-state index in [1.54, 1.807) is 0 Å². The van der Waals surface area contributed by atoms with Gasteiger partial charge in [0.15, 0.2) is 0 Å². The van der Waals surface area contributed by atoms with Crippen LogP contribution in [-0.2, 0) is 11.8 Å². The lowest BCUT2D eigenvalue weighted by Crippen LogP contribution is -2.52. The summed E-state index contributed by atoms with van der Waals surface area (Å²) < 4.78 is 185. The molecule has 1 unspecified atom stereocenters. The Morgan fingerprint density at radius 1 is 0.676 bits per heavy atom. The number of alkyl halides is 14. The normalized spacial score (nSPS) is 15.3. The highest BCUT2D eigenvalue weighted by Crippen LogP contribution is 2.53. The fourth-order valence-corrected chi connectivity index (χ4v) is 2.81. The SMILES string of the molecule is CCN(CC)CCCC(C)Nc1nc(C(F)(F)C(F)(F)C(F)(F)F)nc(C(F)(F)C(F)(F)C(F)(F)F)n1. The van der Waals surface area contributed by atoms with Gasteiger partial charge in [0.25, 0.3) is 0 Å². The molecule has 19 heteroatoms. The highest BCUT2D eigenvalue weighted by atomic mass is 19.4. The molecule has 0 saturated carbocycles. The molecule has 0 aliphatic rings. The van der Waals surface area contributed by atoms with Crippen molar-refractivity contribution in [2.24, 2.45) is 0 Å². The Bertz CT molecular complexity index is 840. The van der Waals surface area contributed by atoms with E-state index in [4.69, 9.17) is 0 Å². The maximum Gasteiger partial charge on any atom is 0.460 e. The van der Waals surface area contributed by atoms with E-state index in [9.17, 15) is 61.5 Å². The molecule has 1 atom stereocenters. The van der Waals surface area contributed by atoms with Gasteiger partial charge in [-0.05, 0) is 39.4 Å². The second-order valence-electron chi connectivity index (χ2n) is 7.81. The van der Waals surface area contributed by atoms with Gasteiger partial charge in [-0.1, -0.05) is 13.8 Å². The molecule has 0 spiro atoms. The molecule has 1 rings (SSSR count). The third-order valence-electron chi connectivity index (χ3n) is 5.08. The van der Waals surface area contributed by atoms with Crippen LogP contribution >= 0.6 is 0 Å². The van der Waals surface area contributed by atoms with Crippen molar-refractivity contribution < 1.29 is 61.5 Å². The first-order chi connectivity index (χ1) is 16.5. The van der Waals surface area contributed by atoms with Crippen molar-refractivity contribution in [1.82, 2.24) is 19.9 Å². The van der Waals surface area contributed by atoms with Gasteiger partial charge >= 0.3 is 36.0 Å². The average molecular weight is 573 g/mol. The van der Waals surface area contributed by atoms with E-state index in [0.717, 1.165) is 0 Å². The summed E-state index contributed by atoms with van der Waals surface area (Å²) in [5.41, 5.74) is 0. The number of nitrogens with one attached hydrogen (secondary N) is 1. The number of halogens is 14. The van der Waals surface area contributed by atoms with Crippen LogP contribution in [0, 0.1) is 0 Å². The van der Waals surface area contributed by atoms with Crippen molar-refractivity contribution in [3.63, 3.8) is 0 Å². The first-order valence-corrected chi connectivity index (χ1v) is 10.4. The number of hydrogen-bond donors (Lipinski definition) is 1. The maximum absolute atomic E-state index is 14.1. The van der Waals surface area contributed by atoms with Crippen molar-refractivity contribution in [3.8, 4) is 0 Å². The summed E-state index contributed by atoms with van der Waals surface area (Å²) in [5.74, 6) is -35.1. The van der Waals surface area contributed by atoms with Crippen LogP contribution in [0.15, 0.2) is 0 Å². The number of aromatic nitrogens is 3. The molecule has 0 aliphatic heterocycles. The van der Waals surface area contributed by atoms with Crippen LogP contribution in [0.25, 0.3) is 0 Å². The molecule has 0 aromatic carbocycles. The van der Waals surface area contributed by atoms with Crippen LogP contribution < -0.4 is 5.32 Å². The van der Waals surface area contributed by atoms with Crippen LogP contribution in [0.5, 0.6) is 0 Å². The van der Waals surface area contributed by atoms with E-state index in [1.807, 2.05) is 29.0 Å². The van der Waals surface area contributed by atoms with Gasteiger partial charge in [0.05, 0.1) is 0 Å². The molecule has 1 N–H and O–H groups in total. The van der Waals surface area contributed by atoms with Crippen molar-refractivity contribution in [2.45, 2.75) is 75.7 Å². The van der Waals surface area contributed by atoms with Gasteiger partial charge in [0.1, 0.15) is 0 Å². The molecule has 37 heavy (non-hydrogen) atoms. The summed E-state index contributed by atoms with van der Waals surface area (Å²) in [4.78, 5) is 8.78.